The zero-order valence-electron chi connectivity index (χ0n) is 14.5. The number of thioether (sulfide) groups is 1. The Morgan fingerprint density at radius 2 is 2.07 bits per heavy atom. The van der Waals surface area contributed by atoms with Crippen LogP contribution in [0.2, 0.25) is 0 Å². The summed E-state index contributed by atoms with van der Waals surface area (Å²) in [4.78, 5) is 23.9. The van der Waals surface area contributed by atoms with Crippen LogP contribution in [0.25, 0.3) is 0 Å². The Balaban J connectivity index is 1.45. The maximum Gasteiger partial charge on any atom is 0.259 e. The van der Waals surface area contributed by atoms with Gasteiger partial charge in [0.05, 0.1) is 17.4 Å². The number of anilines is 1. The quantitative estimate of drug-likeness (QED) is 0.705. The van der Waals surface area contributed by atoms with Gasteiger partial charge in [0.1, 0.15) is 10.8 Å². The number of nitrogens with zero attached hydrogens (tertiary/aromatic N) is 2. The fourth-order valence-electron chi connectivity index (χ4n) is 2.52. The monoisotopic (exact) mass is 390 g/mol. The third-order valence-electron chi connectivity index (χ3n) is 3.90. The molecule has 1 saturated heterocycles. The summed E-state index contributed by atoms with van der Waals surface area (Å²) in [6.45, 7) is 1.27. The predicted octanol–water partition coefficient (Wildman–Crippen LogP) is 2.26. The van der Waals surface area contributed by atoms with E-state index < -0.39 is 11.7 Å². The molecular formula is C18H19FN4O3S. The average molecular weight is 390 g/mol. The van der Waals surface area contributed by atoms with Crippen molar-refractivity contribution in [2.45, 2.75) is 24.0 Å². The average Bonchev–Trinajstić information content (AvgIpc) is 3.20. The largest absolute Gasteiger partial charge is 0.376 e. The van der Waals surface area contributed by atoms with Crippen molar-refractivity contribution in [3.8, 4) is 0 Å². The van der Waals surface area contributed by atoms with Crippen LogP contribution in [0.4, 0.5) is 10.2 Å². The molecule has 0 aliphatic carbocycles. The van der Waals surface area contributed by atoms with Gasteiger partial charge < -0.3 is 15.4 Å². The number of halogens is 1. The number of carbonyl (C=O) groups excluding carboxylic acids is 2. The van der Waals surface area contributed by atoms with Crippen molar-refractivity contribution in [2.24, 2.45) is 0 Å². The van der Waals surface area contributed by atoms with Crippen LogP contribution >= 0.6 is 11.8 Å². The van der Waals surface area contributed by atoms with Gasteiger partial charge in [0, 0.05) is 13.2 Å². The predicted molar refractivity (Wildman–Crippen MR) is 99.1 cm³/mol. The number of benzene rings is 1. The molecule has 0 bridgehead atoms. The third-order valence-corrected chi connectivity index (χ3v) is 4.82. The Labute approximate surface area is 160 Å². The lowest BCUT2D eigenvalue weighted by Gasteiger charge is -2.10. The Hall–Kier alpha value is -2.52. The van der Waals surface area contributed by atoms with Crippen LogP contribution < -0.4 is 10.6 Å². The van der Waals surface area contributed by atoms with Gasteiger partial charge in [-0.3, -0.25) is 9.59 Å². The molecule has 2 amide bonds. The van der Waals surface area contributed by atoms with E-state index >= 15 is 0 Å². The van der Waals surface area contributed by atoms with E-state index in [2.05, 4.69) is 20.8 Å². The Kier molecular flexibility index (Phi) is 6.72. The Bertz CT molecular complexity index is 797. The molecule has 7 nitrogen and oxygen atoms in total. The summed E-state index contributed by atoms with van der Waals surface area (Å²) in [6.07, 6.45) is 2.11. The van der Waals surface area contributed by atoms with Gasteiger partial charge in [-0.2, -0.15) is 0 Å². The molecule has 0 saturated carbocycles. The molecule has 2 heterocycles. The molecule has 1 fully saturated rings. The molecule has 2 N–H and O–H groups in total. The van der Waals surface area contributed by atoms with Gasteiger partial charge in [-0.1, -0.05) is 23.9 Å². The van der Waals surface area contributed by atoms with E-state index in [4.69, 9.17) is 4.74 Å². The number of hydrogen-bond donors (Lipinski definition) is 2. The van der Waals surface area contributed by atoms with Gasteiger partial charge in [-0.05, 0) is 37.1 Å². The van der Waals surface area contributed by atoms with Crippen LogP contribution in [-0.2, 0) is 9.53 Å². The molecule has 0 unspecified atom stereocenters. The van der Waals surface area contributed by atoms with E-state index in [1.807, 2.05) is 0 Å². The summed E-state index contributed by atoms with van der Waals surface area (Å²) >= 11 is 1.24. The first-order chi connectivity index (χ1) is 13.1. The first-order valence-corrected chi connectivity index (χ1v) is 9.51. The summed E-state index contributed by atoms with van der Waals surface area (Å²) < 4.78 is 19.0. The molecule has 1 aromatic heterocycles. The van der Waals surface area contributed by atoms with Crippen molar-refractivity contribution in [2.75, 3.05) is 24.2 Å². The van der Waals surface area contributed by atoms with Crippen molar-refractivity contribution in [3.63, 3.8) is 0 Å². The fourth-order valence-corrected chi connectivity index (χ4v) is 3.16. The highest BCUT2D eigenvalue weighted by molar-refractivity contribution is 7.99. The first-order valence-electron chi connectivity index (χ1n) is 8.52. The molecule has 0 spiro atoms. The molecule has 0 radical (unpaired) electrons. The summed E-state index contributed by atoms with van der Waals surface area (Å²) in [5, 5.41) is 13.7. The lowest BCUT2D eigenvalue weighted by atomic mass is 10.2. The normalized spacial score (nSPS) is 16.1. The SMILES string of the molecule is O=C(CSc1ccc(NC(=O)c2ccccc2F)nn1)NC[C@@H]1CCCO1. The zero-order valence-corrected chi connectivity index (χ0v) is 15.3. The maximum absolute atomic E-state index is 13.6. The van der Waals surface area contributed by atoms with Crippen molar-refractivity contribution in [1.29, 1.82) is 0 Å². The standard InChI is InChI=1S/C18H19FN4O3S/c19-14-6-2-1-5-13(14)18(25)21-15-7-8-17(23-22-15)27-11-16(24)20-10-12-4-3-9-26-12/h1-2,5-8,12H,3-4,9-11H2,(H,20,24)(H,21,22,25)/t12-/m0/s1. The van der Waals surface area contributed by atoms with Crippen LogP contribution in [0.1, 0.15) is 23.2 Å². The molecule has 27 heavy (non-hydrogen) atoms. The van der Waals surface area contributed by atoms with Crippen LogP contribution in [0.15, 0.2) is 41.4 Å². The topological polar surface area (TPSA) is 93.2 Å². The van der Waals surface area contributed by atoms with E-state index in [1.165, 1.54) is 30.0 Å². The highest BCUT2D eigenvalue weighted by atomic mass is 32.2. The lowest BCUT2D eigenvalue weighted by Crippen LogP contribution is -2.32. The number of ether oxygens (including phenoxy) is 1. The van der Waals surface area contributed by atoms with Crippen LogP contribution in [-0.4, -0.2) is 47.0 Å². The van der Waals surface area contributed by atoms with Crippen molar-refractivity contribution in [1.82, 2.24) is 15.5 Å². The molecule has 2 aromatic rings. The van der Waals surface area contributed by atoms with Crippen LogP contribution in [0.3, 0.4) is 0 Å². The van der Waals surface area contributed by atoms with Gasteiger partial charge in [0.15, 0.2) is 5.82 Å². The summed E-state index contributed by atoms with van der Waals surface area (Å²) in [6, 6.07) is 8.88. The second-order valence-electron chi connectivity index (χ2n) is 5.92. The number of amides is 2. The van der Waals surface area contributed by atoms with E-state index in [1.54, 1.807) is 18.2 Å². The van der Waals surface area contributed by atoms with Gasteiger partial charge in [0.2, 0.25) is 5.91 Å². The molecule has 142 valence electrons. The van der Waals surface area contributed by atoms with Gasteiger partial charge in [0.25, 0.3) is 5.91 Å². The number of aromatic nitrogens is 2. The van der Waals surface area contributed by atoms with Crippen LogP contribution in [0, 0.1) is 5.82 Å². The minimum absolute atomic E-state index is 0.0688. The Morgan fingerprint density at radius 3 is 2.78 bits per heavy atom. The van der Waals surface area contributed by atoms with E-state index in [0.29, 0.717) is 11.6 Å². The minimum atomic E-state index is -0.607. The summed E-state index contributed by atoms with van der Waals surface area (Å²) in [7, 11) is 0. The maximum atomic E-state index is 13.6. The van der Waals surface area contributed by atoms with Gasteiger partial charge in [-0.15, -0.1) is 10.2 Å². The first kappa shape index (κ1) is 19.2. The van der Waals surface area contributed by atoms with E-state index in [-0.39, 0.29) is 29.1 Å². The third kappa shape index (κ3) is 5.73. The molecular weight excluding hydrogens is 371 g/mol. The van der Waals surface area contributed by atoms with E-state index in [9.17, 15) is 14.0 Å². The fraction of sp³-hybridized carbons (Fsp3) is 0.333. The Morgan fingerprint density at radius 1 is 1.22 bits per heavy atom. The molecule has 9 heteroatoms. The smallest absolute Gasteiger partial charge is 0.259 e. The number of carbonyl (C=O) groups is 2. The van der Waals surface area contributed by atoms with Gasteiger partial charge >= 0.3 is 0 Å². The second-order valence-corrected chi connectivity index (χ2v) is 6.91. The highest BCUT2D eigenvalue weighted by Gasteiger charge is 2.16. The highest BCUT2D eigenvalue weighted by Crippen LogP contribution is 2.16. The van der Waals surface area contributed by atoms with Crippen molar-refractivity contribution < 1.29 is 18.7 Å². The summed E-state index contributed by atoms with van der Waals surface area (Å²) in [5.41, 5.74) is -0.0688. The van der Waals surface area contributed by atoms with E-state index in [0.717, 1.165) is 19.4 Å². The molecule has 3 rings (SSSR count). The number of hydrogen-bond acceptors (Lipinski definition) is 6. The molecule has 1 aliphatic heterocycles. The summed E-state index contributed by atoms with van der Waals surface area (Å²) in [5.74, 6) is -0.896. The number of rotatable bonds is 7. The van der Waals surface area contributed by atoms with Crippen molar-refractivity contribution >= 4 is 29.4 Å². The van der Waals surface area contributed by atoms with Gasteiger partial charge in [-0.25, -0.2) is 4.39 Å². The molecule has 1 aromatic carbocycles. The van der Waals surface area contributed by atoms with Crippen LogP contribution in [0.5, 0.6) is 0 Å². The minimum Gasteiger partial charge on any atom is -0.376 e. The lowest BCUT2D eigenvalue weighted by molar-refractivity contribution is -0.119. The second kappa shape index (κ2) is 9.43. The molecule has 1 atom stereocenters. The number of nitrogens with one attached hydrogen (secondary N) is 2. The zero-order chi connectivity index (χ0) is 19.1. The van der Waals surface area contributed by atoms with Crippen molar-refractivity contribution in [3.05, 3.63) is 47.8 Å². The molecule has 1 aliphatic rings.